The van der Waals surface area contributed by atoms with Crippen LogP contribution in [-0.4, -0.2) is 33.9 Å². The Labute approximate surface area is 160 Å². The van der Waals surface area contributed by atoms with Crippen LogP contribution in [0.1, 0.15) is 24.0 Å². The van der Waals surface area contributed by atoms with Gasteiger partial charge in [0.05, 0.1) is 16.8 Å². The van der Waals surface area contributed by atoms with E-state index in [-0.39, 0.29) is 17.4 Å². The van der Waals surface area contributed by atoms with Crippen LogP contribution < -0.4 is 5.73 Å². The van der Waals surface area contributed by atoms with Crippen molar-refractivity contribution in [2.45, 2.75) is 29.4 Å². The maximum atomic E-state index is 13.3. The van der Waals surface area contributed by atoms with Gasteiger partial charge in [-0.2, -0.15) is 0 Å². The van der Waals surface area contributed by atoms with Crippen molar-refractivity contribution < 1.29 is 13.2 Å². The van der Waals surface area contributed by atoms with E-state index in [9.17, 15) is 8.42 Å². The smallest absolute Gasteiger partial charge is 0.182 e. The summed E-state index contributed by atoms with van der Waals surface area (Å²) in [5.41, 5.74) is 7.66. The minimum Gasteiger partial charge on any atom is -0.384 e. The Hall–Kier alpha value is -1.40. The van der Waals surface area contributed by atoms with E-state index in [1.165, 1.54) is 5.56 Å². The number of hydrogen-bond donors (Lipinski definition) is 1. The van der Waals surface area contributed by atoms with Gasteiger partial charge in [-0.3, -0.25) is 0 Å². The van der Waals surface area contributed by atoms with Crippen molar-refractivity contribution in [2.75, 3.05) is 20.3 Å². The number of benzene rings is 2. The molecule has 2 aromatic rings. The van der Waals surface area contributed by atoms with Crippen LogP contribution in [0, 0.1) is 5.41 Å². The second-order valence-corrected chi connectivity index (χ2v) is 9.37. The maximum Gasteiger partial charge on any atom is 0.182 e. The first-order valence-corrected chi connectivity index (χ1v) is 10.6. The predicted molar refractivity (Wildman–Crippen MR) is 104 cm³/mol. The molecule has 26 heavy (non-hydrogen) atoms. The van der Waals surface area contributed by atoms with E-state index in [4.69, 9.17) is 22.1 Å². The summed E-state index contributed by atoms with van der Waals surface area (Å²) in [6.07, 6.45) is 0.942. The SMILES string of the molecule is CCc1ccc([C@H]2[C@H](S(=O)(=O)c3ccc(Cl)cc3)[C@@]2(CN)COC)cc1. The van der Waals surface area contributed by atoms with Gasteiger partial charge in [0.25, 0.3) is 0 Å². The van der Waals surface area contributed by atoms with Crippen LogP contribution in [0.25, 0.3) is 0 Å². The summed E-state index contributed by atoms with van der Waals surface area (Å²) in [7, 11) is -1.97. The molecule has 2 aromatic carbocycles. The quantitative estimate of drug-likeness (QED) is 0.782. The van der Waals surface area contributed by atoms with E-state index in [0.717, 1.165) is 12.0 Å². The molecule has 140 valence electrons. The summed E-state index contributed by atoms with van der Waals surface area (Å²) in [4.78, 5) is 0.272. The van der Waals surface area contributed by atoms with Gasteiger partial charge in [0.2, 0.25) is 0 Å². The van der Waals surface area contributed by atoms with E-state index in [2.05, 4.69) is 6.92 Å². The molecule has 0 spiro atoms. The van der Waals surface area contributed by atoms with E-state index >= 15 is 0 Å². The van der Waals surface area contributed by atoms with Gasteiger partial charge in [0, 0.05) is 30.0 Å². The fourth-order valence-corrected chi connectivity index (χ4v) is 6.49. The zero-order chi connectivity index (χ0) is 18.9. The average Bonchev–Trinajstić information content (AvgIpc) is 3.32. The molecule has 0 aromatic heterocycles. The molecule has 0 saturated heterocycles. The highest BCUT2D eigenvalue weighted by Gasteiger charge is 2.70. The zero-order valence-electron chi connectivity index (χ0n) is 15.0. The molecule has 1 aliphatic rings. The number of methoxy groups -OCH3 is 1. The first-order chi connectivity index (χ1) is 12.4. The Morgan fingerprint density at radius 2 is 1.73 bits per heavy atom. The summed E-state index contributed by atoms with van der Waals surface area (Å²) in [5.74, 6) is -0.181. The monoisotopic (exact) mass is 393 g/mol. The molecular formula is C20H24ClNO3S. The minimum atomic E-state index is -3.56. The second kappa shape index (κ2) is 7.31. The summed E-state index contributed by atoms with van der Waals surface area (Å²) in [6.45, 7) is 2.65. The van der Waals surface area contributed by atoms with Crippen LogP contribution in [0.3, 0.4) is 0 Å². The third-order valence-corrected chi connectivity index (χ3v) is 7.99. The lowest BCUT2D eigenvalue weighted by Gasteiger charge is -2.15. The molecule has 4 nitrogen and oxygen atoms in total. The number of hydrogen-bond acceptors (Lipinski definition) is 4. The summed E-state index contributed by atoms with van der Waals surface area (Å²) in [5, 5.41) is -0.0953. The van der Waals surface area contributed by atoms with Crippen LogP contribution in [-0.2, 0) is 21.0 Å². The number of halogens is 1. The largest absolute Gasteiger partial charge is 0.384 e. The molecule has 3 rings (SSSR count). The number of rotatable bonds is 7. The third-order valence-electron chi connectivity index (χ3n) is 5.40. The predicted octanol–water partition coefficient (Wildman–Crippen LogP) is 3.43. The molecule has 0 amide bonds. The van der Waals surface area contributed by atoms with E-state index in [0.29, 0.717) is 11.6 Å². The van der Waals surface area contributed by atoms with Crippen molar-refractivity contribution in [1.82, 2.24) is 0 Å². The Kier molecular flexibility index (Phi) is 5.45. The Morgan fingerprint density at radius 3 is 2.23 bits per heavy atom. The average molecular weight is 394 g/mol. The van der Waals surface area contributed by atoms with Crippen LogP contribution in [0.5, 0.6) is 0 Å². The molecule has 2 N–H and O–H groups in total. The van der Waals surface area contributed by atoms with E-state index in [1.54, 1.807) is 31.4 Å². The molecule has 1 fully saturated rings. The van der Waals surface area contributed by atoms with Gasteiger partial charge in [0.15, 0.2) is 9.84 Å². The van der Waals surface area contributed by atoms with Gasteiger partial charge >= 0.3 is 0 Å². The number of sulfone groups is 1. The molecule has 0 radical (unpaired) electrons. The lowest BCUT2D eigenvalue weighted by molar-refractivity contribution is 0.142. The molecule has 3 atom stereocenters. The molecule has 0 bridgehead atoms. The molecule has 1 aliphatic carbocycles. The number of nitrogens with two attached hydrogens (primary N) is 1. The van der Waals surface area contributed by atoms with Crippen molar-refractivity contribution in [3.05, 3.63) is 64.7 Å². The first-order valence-electron chi connectivity index (χ1n) is 8.68. The summed E-state index contributed by atoms with van der Waals surface area (Å²) < 4.78 is 32.0. The van der Waals surface area contributed by atoms with Crippen LogP contribution in [0.4, 0.5) is 0 Å². The molecule has 0 heterocycles. The van der Waals surface area contributed by atoms with Gasteiger partial charge in [-0.05, 0) is 41.8 Å². The zero-order valence-corrected chi connectivity index (χ0v) is 16.6. The van der Waals surface area contributed by atoms with Crippen LogP contribution in [0.15, 0.2) is 53.4 Å². The fraction of sp³-hybridized carbons (Fsp3) is 0.400. The normalized spacial score (nSPS) is 25.2. The van der Waals surface area contributed by atoms with Crippen molar-refractivity contribution in [1.29, 1.82) is 0 Å². The third kappa shape index (κ3) is 3.18. The van der Waals surface area contributed by atoms with E-state index in [1.807, 2.05) is 24.3 Å². The van der Waals surface area contributed by atoms with Crippen LogP contribution >= 0.6 is 11.6 Å². The molecule has 0 aliphatic heterocycles. The minimum absolute atomic E-state index is 0.181. The van der Waals surface area contributed by atoms with Crippen molar-refractivity contribution in [2.24, 2.45) is 11.1 Å². The van der Waals surface area contributed by atoms with Crippen LogP contribution in [0.2, 0.25) is 5.02 Å². The molecular weight excluding hydrogens is 370 g/mol. The van der Waals surface area contributed by atoms with Gasteiger partial charge in [-0.1, -0.05) is 42.8 Å². The van der Waals surface area contributed by atoms with Gasteiger partial charge in [-0.15, -0.1) is 0 Å². The summed E-state index contributed by atoms with van der Waals surface area (Å²) in [6, 6.07) is 14.4. The Balaban J connectivity index is 2.03. The highest BCUT2D eigenvalue weighted by atomic mass is 35.5. The Bertz CT molecular complexity index is 865. The first kappa shape index (κ1) is 19.4. The van der Waals surface area contributed by atoms with Gasteiger partial charge in [-0.25, -0.2) is 8.42 Å². The fourth-order valence-electron chi connectivity index (χ4n) is 3.92. The number of ether oxygens (including phenoxy) is 1. The number of aryl methyl sites for hydroxylation is 1. The van der Waals surface area contributed by atoms with E-state index < -0.39 is 20.5 Å². The molecule has 0 unspecified atom stereocenters. The lowest BCUT2D eigenvalue weighted by Crippen LogP contribution is -2.28. The highest BCUT2D eigenvalue weighted by molar-refractivity contribution is 7.92. The highest BCUT2D eigenvalue weighted by Crippen LogP contribution is 2.63. The van der Waals surface area contributed by atoms with Crippen molar-refractivity contribution in [3.63, 3.8) is 0 Å². The van der Waals surface area contributed by atoms with Crippen molar-refractivity contribution >= 4 is 21.4 Å². The Morgan fingerprint density at radius 1 is 1.12 bits per heavy atom. The standard InChI is InChI=1S/C20H24ClNO3S/c1-3-14-4-6-15(7-5-14)18-19(20(18,12-22)13-25-2)26(23,24)17-10-8-16(21)9-11-17/h4-11,18-19H,3,12-13,22H2,1-2H3/t18-,19-,20-/m0/s1. The van der Waals surface area contributed by atoms with Crippen molar-refractivity contribution in [3.8, 4) is 0 Å². The van der Waals surface area contributed by atoms with Gasteiger partial charge < -0.3 is 10.5 Å². The maximum absolute atomic E-state index is 13.3. The second-order valence-electron chi connectivity index (χ2n) is 6.86. The van der Waals surface area contributed by atoms with Gasteiger partial charge in [0.1, 0.15) is 0 Å². The molecule has 1 saturated carbocycles. The summed E-state index contributed by atoms with van der Waals surface area (Å²) >= 11 is 5.91. The molecule has 6 heteroatoms. The lowest BCUT2D eigenvalue weighted by atomic mass is 9.99. The topological polar surface area (TPSA) is 69.4 Å².